The number of aliphatic hydroxyl groups excluding tert-OH is 1. The summed E-state index contributed by atoms with van der Waals surface area (Å²) in [7, 11) is 1.65. The fourth-order valence-corrected chi connectivity index (χ4v) is 3.91. The van der Waals surface area contributed by atoms with E-state index in [0.29, 0.717) is 6.42 Å². The minimum Gasteiger partial charge on any atom is -0.497 e. The van der Waals surface area contributed by atoms with Crippen LogP contribution in [0.1, 0.15) is 63.5 Å². The van der Waals surface area contributed by atoms with Crippen molar-refractivity contribution in [2.24, 2.45) is 5.92 Å². The van der Waals surface area contributed by atoms with Crippen LogP contribution in [0.2, 0.25) is 0 Å². The molecule has 0 bridgehead atoms. The van der Waals surface area contributed by atoms with Gasteiger partial charge >= 0.3 is 0 Å². The zero-order chi connectivity index (χ0) is 14.9. The van der Waals surface area contributed by atoms with Crippen LogP contribution in [0.25, 0.3) is 0 Å². The Morgan fingerprint density at radius 1 is 1.33 bits per heavy atom. The van der Waals surface area contributed by atoms with E-state index in [4.69, 9.17) is 9.47 Å². The third kappa shape index (κ3) is 2.89. The van der Waals surface area contributed by atoms with Gasteiger partial charge in [-0.3, -0.25) is 0 Å². The second-order valence-corrected chi connectivity index (χ2v) is 6.61. The van der Waals surface area contributed by atoms with E-state index in [2.05, 4.69) is 6.92 Å². The summed E-state index contributed by atoms with van der Waals surface area (Å²) in [5.74, 6) is 2.44. The number of hydrogen-bond donors (Lipinski definition) is 1. The average Bonchev–Trinajstić information content (AvgIpc) is 2.69. The van der Waals surface area contributed by atoms with E-state index < -0.39 is 6.10 Å². The van der Waals surface area contributed by atoms with Crippen molar-refractivity contribution in [3.05, 3.63) is 23.8 Å². The number of fused-ring (bicyclic) bond motifs is 1. The smallest absolute Gasteiger partial charge is 0.126 e. The topological polar surface area (TPSA) is 38.7 Å². The molecule has 21 heavy (non-hydrogen) atoms. The van der Waals surface area contributed by atoms with Crippen LogP contribution in [0.5, 0.6) is 11.5 Å². The molecule has 3 atom stereocenters. The van der Waals surface area contributed by atoms with Crippen molar-refractivity contribution in [3.63, 3.8) is 0 Å². The molecule has 0 saturated heterocycles. The number of rotatable bonds is 2. The van der Waals surface area contributed by atoms with Gasteiger partial charge in [0.15, 0.2) is 0 Å². The summed E-state index contributed by atoms with van der Waals surface area (Å²) in [6, 6.07) is 5.76. The molecule has 3 heteroatoms. The van der Waals surface area contributed by atoms with Gasteiger partial charge in [-0.25, -0.2) is 0 Å². The lowest BCUT2D eigenvalue weighted by Gasteiger charge is -2.40. The van der Waals surface area contributed by atoms with Crippen LogP contribution in [0.4, 0.5) is 0 Å². The predicted octanol–water partition coefficient (Wildman–Crippen LogP) is 4.24. The van der Waals surface area contributed by atoms with E-state index in [1.54, 1.807) is 7.11 Å². The highest BCUT2D eigenvalue weighted by molar-refractivity contribution is 5.43. The van der Waals surface area contributed by atoms with Crippen molar-refractivity contribution in [2.75, 3.05) is 7.11 Å². The molecule has 1 N–H and O–H groups in total. The van der Waals surface area contributed by atoms with Crippen molar-refractivity contribution in [2.45, 2.75) is 63.6 Å². The second kappa shape index (κ2) is 5.88. The summed E-state index contributed by atoms with van der Waals surface area (Å²) in [4.78, 5) is 0. The predicted molar refractivity (Wildman–Crippen MR) is 82.8 cm³/mol. The fourth-order valence-electron chi connectivity index (χ4n) is 3.91. The lowest BCUT2D eigenvalue weighted by molar-refractivity contribution is -0.0252. The van der Waals surface area contributed by atoms with Gasteiger partial charge in [-0.1, -0.05) is 19.8 Å². The quantitative estimate of drug-likeness (QED) is 0.885. The SMILES string of the molecule is CCC1CCCC2(CC1)CC(O)c1cc(OC)ccc1O2. The Bertz CT molecular complexity index is 499. The minimum atomic E-state index is -0.443. The van der Waals surface area contributed by atoms with Crippen LogP contribution in [0.3, 0.4) is 0 Å². The molecule has 2 aliphatic rings. The number of benzene rings is 1. The largest absolute Gasteiger partial charge is 0.497 e. The maximum Gasteiger partial charge on any atom is 0.126 e. The summed E-state index contributed by atoms with van der Waals surface area (Å²) < 4.78 is 11.6. The van der Waals surface area contributed by atoms with Gasteiger partial charge in [-0.2, -0.15) is 0 Å². The minimum absolute atomic E-state index is 0.162. The van der Waals surface area contributed by atoms with Gasteiger partial charge in [-0.05, 0) is 49.8 Å². The first-order chi connectivity index (χ1) is 10.2. The second-order valence-electron chi connectivity index (χ2n) is 6.61. The van der Waals surface area contributed by atoms with E-state index in [0.717, 1.165) is 35.8 Å². The Morgan fingerprint density at radius 3 is 2.95 bits per heavy atom. The van der Waals surface area contributed by atoms with Gasteiger partial charge in [-0.15, -0.1) is 0 Å². The molecule has 1 aromatic carbocycles. The summed E-state index contributed by atoms with van der Waals surface area (Å²) >= 11 is 0. The Kier molecular flexibility index (Phi) is 4.12. The molecule has 1 aromatic rings. The molecule has 3 unspecified atom stereocenters. The Morgan fingerprint density at radius 2 is 2.19 bits per heavy atom. The maximum atomic E-state index is 10.6. The third-order valence-electron chi connectivity index (χ3n) is 5.30. The molecule has 1 heterocycles. The van der Waals surface area contributed by atoms with Crippen LogP contribution in [-0.4, -0.2) is 17.8 Å². The summed E-state index contributed by atoms with van der Waals surface area (Å²) in [6.45, 7) is 2.28. The molecule has 0 amide bonds. The van der Waals surface area contributed by atoms with Crippen molar-refractivity contribution in [1.82, 2.24) is 0 Å². The van der Waals surface area contributed by atoms with Crippen LogP contribution >= 0.6 is 0 Å². The van der Waals surface area contributed by atoms with E-state index in [1.165, 1.54) is 25.7 Å². The molecular formula is C18H26O3. The van der Waals surface area contributed by atoms with Gasteiger partial charge < -0.3 is 14.6 Å². The zero-order valence-electron chi connectivity index (χ0n) is 13.1. The van der Waals surface area contributed by atoms with E-state index in [9.17, 15) is 5.11 Å². The Balaban J connectivity index is 1.84. The highest BCUT2D eigenvalue weighted by Crippen LogP contribution is 2.47. The van der Waals surface area contributed by atoms with Crippen LogP contribution in [0.15, 0.2) is 18.2 Å². The highest BCUT2D eigenvalue weighted by Gasteiger charge is 2.41. The van der Waals surface area contributed by atoms with Gasteiger partial charge in [0.25, 0.3) is 0 Å². The molecule has 1 saturated carbocycles. The summed E-state index contributed by atoms with van der Waals surface area (Å²) in [5, 5.41) is 10.6. The van der Waals surface area contributed by atoms with Crippen LogP contribution < -0.4 is 9.47 Å². The van der Waals surface area contributed by atoms with Crippen LogP contribution in [-0.2, 0) is 0 Å². The van der Waals surface area contributed by atoms with Gasteiger partial charge in [0.2, 0.25) is 0 Å². The summed E-state index contributed by atoms with van der Waals surface area (Å²) in [5.41, 5.74) is 0.710. The molecule has 3 rings (SSSR count). The monoisotopic (exact) mass is 290 g/mol. The normalized spacial score (nSPS) is 32.1. The highest BCUT2D eigenvalue weighted by atomic mass is 16.5. The number of methoxy groups -OCH3 is 1. The molecule has 3 nitrogen and oxygen atoms in total. The molecule has 0 aromatic heterocycles. The van der Waals surface area contributed by atoms with Crippen molar-refractivity contribution in [1.29, 1.82) is 0 Å². The number of hydrogen-bond acceptors (Lipinski definition) is 3. The maximum absolute atomic E-state index is 10.6. The molecule has 1 fully saturated rings. The zero-order valence-corrected chi connectivity index (χ0v) is 13.1. The van der Waals surface area contributed by atoms with Crippen molar-refractivity contribution in [3.8, 4) is 11.5 Å². The van der Waals surface area contributed by atoms with E-state index in [-0.39, 0.29) is 5.60 Å². The molecular weight excluding hydrogens is 264 g/mol. The Labute approximate surface area is 127 Å². The van der Waals surface area contributed by atoms with Gasteiger partial charge in [0.05, 0.1) is 13.2 Å². The van der Waals surface area contributed by atoms with Gasteiger partial charge in [0, 0.05) is 12.0 Å². The van der Waals surface area contributed by atoms with Crippen molar-refractivity contribution < 1.29 is 14.6 Å². The first-order valence-electron chi connectivity index (χ1n) is 8.21. The fraction of sp³-hybridized carbons (Fsp3) is 0.667. The average molecular weight is 290 g/mol. The molecule has 116 valence electrons. The number of aliphatic hydroxyl groups is 1. The lowest BCUT2D eigenvalue weighted by atomic mass is 9.83. The first-order valence-corrected chi connectivity index (χ1v) is 8.21. The molecule has 0 radical (unpaired) electrons. The Hall–Kier alpha value is -1.22. The first kappa shape index (κ1) is 14.7. The van der Waals surface area contributed by atoms with Crippen LogP contribution in [0, 0.1) is 5.92 Å². The van der Waals surface area contributed by atoms with E-state index >= 15 is 0 Å². The number of ether oxygens (including phenoxy) is 2. The van der Waals surface area contributed by atoms with Crippen molar-refractivity contribution >= 4 is 0 Å². The molecule has 1 spiro atoms. The van der Waals surface area contributed by atoms with E-state index in [1.807, 2.05) is 18.2 Å². The molecule has 1 aliphatic heterocycles. The molecule has 1 aliphatic carbocycles. The lowest BCUT2D eigenvalue weighted by Crippen LogP contribution is -2.40. The third-order valence-corrected chi connectivity index (χ3v) is 5.30. The van der Waals surface area contributed by atoms with Gasteiger partial charge in [0.1, 0.15) is 17.1 Å². The summed E-state index contributed by atoms with van der Waals surface area (Å²) in [6.07, 6.45) is 7.37. The standard InChI is InChI=1S/C18H26O3/c1-3-13-5-4-9-18(10-8-13)12-16(19)15-11-14(20-2)6-7-17(15)21-18/h6-7,11,13,16,19H,3-5,8-10,12H2,1-2H3.